The molecule has 19 heteroatoms. The number of hydrogen-bond acceptors (Lipinski definition) is 15. The van der Waals surface area contributed by atoms with Crippen molar-refractivity contribution in [2.45, 2.75) is 166 Å². The molecule has 412 valence electrons. The van der Waals surface area contributed by atoms with Crippen LogP contribution in [0.15, 0.2) is 66.5 Å². The number of para-hydroxylation sites is 1. The van der Waals surface area contributed by atoms with Crippen LogP contribution in [0, 0.1) is 40.9 Å². The van der Waals surface area contributed by atoms with Crippen LogP contribution in [0.4, 0.5) is 8.78 Å². The molecule has 3 fully saturated rings. The van der Waals surface area contributed by atoms with E-state index in [0.717, 1.165) is 5.57 Å². The Balaban J connectivity index is 0.000000421. The first-order chi connectivity index (χ1) is 35.6. The molecule has 0 spiro atoms. The number of aromatic amines is 1. The third kappa shape index (κ3) is 13.8. The third-order valence-corrected chi connectivity index (χ3v) is 15.5. The highest BCUT2D eigenvalue weighted by Gasteiger charge is 2.57. The number of aromatic nitrogens is 1. The van der Waals surface area contributed by atoms with E-state index in [1.807, 2.05) is 39.0 Å². The van der Waals surface area contributed by atoms with Gasteiger partial charge in [0.05, 0.1) is 36.1 Å². The Hall–Kier alpha value is -5.33. The van der Waals surface area contributed by atoms with Crippen LogP contribution in [0.5, 0.6) is 11.5 Å². The van der Waals surface area contributed by atoms with Crippen LogP contribution >= 0.6 is 0 Å². The van der Waals surface area contributed by atoms with Crippen LogP contribution in [0.1, 0.15) is 111 Å². The summed E-state index contributed by atoms with van der Waals surface area (Å²) in [6.45, 7) is 13.1. The van der Waals surface area contributed by atoms with E-state index in [0.29, 0.717) is 73.6 Å². The number of aliphatic hydroxyl groups excluding tert-OH is 2. The number of nitriles is 1. The van der Waals surface area contributed by atoms with E-state index in [2.05, 4.69) is 21.0 Å². The predicted octanol–water partition coefficient (Wildman–Crippen LogP) is 7.51. The summed E-state index contributed by atoms with van der Waals surface area (Å²) in [5.74, 6) is -7.86. The number of fused-ring (bicyclic) bond motifs is 4. The van der Waals surface area contributed by atoms with Gasteiger partial charge in [-0.25, -0.2) is 4.79 Å². The molecular weight excluding hydrogens is 977 g/mol. The molecule has 4 aliphatic heterocycles. The van der Waals surface area contributed by atoms with Gasteiger partial charge in [-0.3, -0.25) is 14.4 Å². The van der Waals surface area contributed by atoms with Crippen molar-refractivity contribution in [2.24, 2.45) is 29.6 Å². The van der Waals surface area contributed by atoms with Crippen molar-refractivity contribution in [1.29, 1.82) is 5.26 Å². The number of allylic oxidation sites excluding steroid dienone is 4. The minimum absolute atomic E-state index is 0.00988. The van der Waals surface area contributed by atoms with E-state index in [1.165, 1.54) is 31.4 Å². The average Bonchev–Trinajstić information content (AvgIpc) is 4.00. The Labute approximate surface area is 438 Å². The summed E-state index contributed by atoms with van der Waals surface area (Å²) in [7, 11) is 4.61. The lowest BCUT2D eigenvalue weighted by molar-refractivity contribution is -0.302. The number of nitrogens with one attached hydrogen (secondary N) is 1. The molecule has 0 radical (unpaired) electrons. The number of H-pyrrole nitrogens is 1. The molecule has 7 rings (SSSR count). The molecule has 14 atom stereocenters. The number of hydrogen-bond donors (Lipinski definition) is 4. The molecule has 0 unspecified atom stereocenters. The zero-order valence-corrected chi connectivity index (χ0v) is 44.3. The second kappa shape index (κ2) is 25.7. The molecule has 1 amide bonds. The lowest BCUT2D eigenvalue weighted by atomic mass is 9.81. The van der Waals surface area contributed by atoms with Gasteiger partial charge >= 0.3 is 12.3 Å². The van der Waals surface area contributed by atoms with Crippen molar-refractivity contribution < 1.29 is 76.4 Å². The number of halogens is 2. The predicted molar refractivity (Wildman–Crippen MR) is 270 cm³/mol. The maximum atomic E-state index is 14.3. The van der Waals surface area contributed by atoms with E-state index >= 15 is 0 Å². The van der Waals surface area contributed by atoms with E-state index < -0.39 is 90.2 Å². The Morgan fingerprint density at radius 2 is 1.64 bits per heavy atom. The molecule has 2 bridgehead atoms. The number of Topliss-reactive ketones (excluding diaryl/α,β-unsaturated/α-hetero) is 2. The number of amides is 1. The number of alkyl halides is 2. The fraction of sp³-hybridized carbons (Fsp3) is 0.625. The van der Waals surface area contributed by atoms with Crippen molar-refractivity contribution in [3.05, 3.63) is 72.1 Å². The minimum Gasteiger partial charge on any atom is -0.456 e. The SMILES string of the molecule is C=CC[C@@H]1/C=C(\C)C[C@H](C)C[C@H](OC)[C@H]2O[C@@](O)(C(=O)C(=O)N3CCCC[C@H]3C(=O)O[C@H](/C(C)=C/[C@@H]3CC[C@@H](O)[C@H](OC)C3)[C@H](C)[C@@H](O)CC1=O)[C@H](C)C[C@@H]2OC.N#Cc1c[nH]cc1-c1cccc2c1OC(F)(F)O2. The maximum absolute atomic E-state index is 14.3. The number of nitrogens with zero attached hydrogens (tertiary/aromatic N) is 2. The van der Waals surface area contributed by atoms with Crippen molar-refractivity contribution in [1.82, 2.24) is 9.88 Å². The van der Waals surface area contributed by atoms with Gasteiger partial charge < -0.3 is 58.4 Å². The van der Waals surface area contributed by atoms with Crippen LogP contribution in [-0.2, 0) is 42.9 Å². The molecule has 1 aliphatic carbocycles. The molecule has 17 nitrogen and oxygen atoms in total. The molecule has 75 heavy (non-hydrogen) atoms. The standard InChI is InChI=1S/C44H69NO12.C12H6F2N2O2/c1-10-13-31-19-25(2)18-26(3)20-37(54-8)40-38(55-9)22-28(5)44(52,57-40)41(49)42(50)45-17-12-11-14-32(45)43(51)56-39(29(6)34(47)24-35(31)48)27(4)21-30-15-16-33(46)36(23-30)53-7;13-12(14)17-10-3-1-2-8(11(10)18-12)9-6-16-5-7(9)4-15/h10,19,21,26,28-34,36-40,46-47,52H,1,11-18,20,22-24H2,2-9H3;1-3,5-6,16H/b25-19+,27-21+;/t26-,28+,29+,30-,31+,32-,33+,34-,36+,37-,38-,39+,40+,44+;/m0./s1. The molecule has 4 N–H and O–H groups in total. The number of esters is 1. The summed E-state index contributed by atoms with van der Waals surface area (Å²) in [5, 5.41) is 43.1. The van der Waals surface area contributed by atoms with Crippen molar-refractivity contribution >= 4 is 23.4 Å². The van der Waals surface area contributed by atoms with Crippen LogP contribution in [-0.4, -0.2) is 137 Å². The number of carbonyl (C=O) groups is 4. The molecule has 1 aromatic carbocycles. The summed E-state index contributed by atoms with van der Waals surface area (Å²) in [6, 6.07) is 5.37. The highest BCUT2D eigenvalue weighted by Crippen LogP contribution is 2.48. The van der Waals surface area contributed by atoms with Gasteiger partial charge in [-0.05, 0) is 102 Å². The average molecular weight is 1050 g/mol. The number of ketones is 2. The summed E-state index contributed by atoms with van der Waals surface area (Å²) in [5.41, 5.74) is 2.85. The van der Waals surface area contributed by atoms with Gasteiger partial charge in [0, 0.05) is 75.6 Å². The topological polar surface area (TPSA) is 236 Å². The highest BCUT2D eigenvalue weighted by atomic mass is 19.3. The zero-order valence-electron chi connectivity index (χ0n) is 44.3. The summed E-state index contributed by atoms with van der Waals surface area (Å²) >= 11 is 0. The molecule has 2 aromatic rings. The molecular formula is C56H75F2N3O14. The quantitative estimate of drug-likeness (QED) is 0.114. The van der Waals surface area contributed by atoms with Crippen LogP contribution < -0.4 is 9.47 Å². The molecule has 1 saturated carbocycles. The largest absolute Gasteiger partial charge is 0.586 e. The third-order valence-electron chi connectivity index (χ3n) is 15.5. The lowest BCUT2D eigenvalue weighted by Gasteiger charge is -2.47. The Morgan fingerprint density at radius 3 is 2.32 bits per heavy atom. The number of benzene rings is 1. The smallest absolute Gasteiger partial charge is 0.456 e. The van der Waals surface area contributed by atoms with Crippen LogP contribution in [0.2, 0.25) is 0 Å². The van der Waals surface area contributed by atoms with Gasteiger partial charge in [-0.15, -0.1) is 15.4 Å². The lowest BCUT2D eigenvalue weighted by Crippen LogP contribution is -2.64. The van der Waals surface area contributed by atoms with E-state index in [-0.39, 0.29) is 61.0 Å². The van der Waals surface area contributed by atoms with Gasteiger partial charge in [0.1, 0.15) is 30.1 Å². The summed E-state index contributed by atoms with van der Waals surface area (Å²) < 4.78 is 64.6. The van der Waals surface area contributed by atoms with Crippen molar-refractivity contribution in [3.63, 3.8) is 0 Å². The normalized spacial score (nSPS) is 34.8. The second-order valence-electron chi connectivity index (χ2n) is 21.0. The van der Waals surface area contributed by atoms with E-state index in [1.54, 1.807) is 45.4 Å². The maximum Gasteiger partial charge on any atom is 0.586 e. The number of ether oxygens (including phenoxy) is 7. The molecule has 5 heterocycles. The summed E-state index contributed by atoms with van der Waals surface area (Å²) in [6.07, 6.45) is 4.30. The van der Waals surface area contributed by atoms with E-state index in [9.17, 15) is 43.3 Å². The number of rotatable bonds is 8. The van der Waals surface area contributed by atoms with Crippen LogP contribution in [0.25, 0.3) is 11.1 Å². The zero-order chi connectivity index (χ0) is 54.9. The van der Waals surface area contributed by atoms with Gasteiger partial charge in [0.2, 0.25) is 5.79 Å². The Bertz CT molecular complexity index is 2450. The van der Waals surface area contributed by atoms with Gasteiger partial charge in [0.15, 0.2) is 11.5 Å². The summed E-state index contributed by atoms with van der Waals surface area (Å²) in [4.78, 5) is 60.6. The van der Waals surface area contributed by atoms with Crippen molar-refractivity contribution in [2.75, 3.05) is 27.9 Å². The minimum atomic E-state index is -3.67. The van der Waals surface area contributed by atoms with Gasteiger partial charge in [-0.1, -0.05) is 56.7 Å². The molecule has 5 aliphatic rings. The molecule has 1 aromatic heterocycles. The fourth-order valence-corrected chi connectivity index (χ4v) is 11.3. The number of cyclic esters (lactones) is 1. The second-order valence-corrected chi connectivity index (χ2v) is 21.0. The number of aliphatic hydroxyl groups is 3. The highest BCUT2D eigenvalue weighted by molar-refractivity contribution is 6.39. The first-order valence-electron chi connectivity index (χ1n) is 26.0. The van der Waals surface area contributed by atoms with Gasteiger partial charge in [-0.2, -0.15) is 5.26 Å². The van der Waals surface area contributed by atoms with E-state index in [4.69, 9.17) is 28.9 Å². The molecule has 2 saturated heterocycles. The van der Waals surface area contributed by atoms with Crippen LogP contribution in [0.3, 0.4) is 0 Å². The fourth-order valence-electron chi connectivity index (χ4n) is 11.3. The monoisotopic (exact) mass is 1050 g/mol. The Kier molecular flexibility index (Phi) is 20.2. The number of carbonyl (C=O) groups excluding carboxylic acids is 4. The van der Waals surface area contributed by atoms with Gasteiger partial charge in [0.25, 0.3) is 11.7 Å². The van der Waals surface area contributed by atoms with Crippen molar-refractivity contribution in [3.8, 4) is 28.7 Å². The number of methoxy groups -OCH3 is 3. The first kappa shape index (κ1) is 58.9. The first-order valence-corrected chi connectivity index (χ1v) is 26.0. The Morgan fingerprint density at radius 1 is 0.933 bits per heavy atom. The number of piperidine rings is 1.